The van der Waals surface area contributed by atoms with Gasteiger partial charge in [0.15, 0.2) is 0 Å². The lowest BCUT2D eigenvalue weighted by Crippen LogP contribution is -2.43. The highest BCUT2D eigenvalue weighted by Crippen LogP contribution is 2.07. The first-order valence-corrected chi connectivity index (χ1v) is 6.40. The number of carbonyl (C=O) groups excluding carboxylic acids is 1. The molecular formula is C15H21N3O. The molecule has 1 aromatic carbocycles. The topological polar surface area (TPSA) is 56.1 Å². The zero-order valence-electron chi connectivity index (χ0n) is 12.0. The molecule has 1 N–H and O–H groups in total. The molecule has 0 radical (unpaired) electrons. The number of nitriles is 1. The number of hydrogen-bond acceptors (Lipinski definition) is 3. The first kappa shape index (κ1) is 15.2. The molecule has 102 valence electrons. The van der Waals surface area contributed by atoms with Crippen LogP contribution in [0.5, 0.6) is 0 Å². The highest BCUT2D eigenvalue weighted by Gasteiger charge is 2.16. The van der Waals surface area contributed by atoms with Crippen molar-refractivity contribution >= 4 is 5.91 Å². The molecule has 1 atom stereocenters. The standard InChI is InChI=1S/C15H21N3O/c1-11(2)14(18(3)4)10-17-15(19)13-7-5-12(9-16)6-8-13/h5-8,11,14H,10H2,1-4H3,(H,17,19). The quantitative estimate of drug-likeness (QED) is 0.878. The van der Waals surface area contributed by atoms with Gasteiger partial charge in [0.25, 0.3) is 5.91 Å². The molecule has 0 aromatic heterocycles. The van der Waals surface area contributed by atoms with Crippen molar-refractivity contribution < 1.29 is 4.79 Å². The monoisotopic (exact) mass is 259 g/mol. The van der Waals surface area contributed by atoms with E-state index in [1.807, 2.05) is 20.2 Å². The van der Waals surface area contributed by atoms with Crippen molar-refractivity contribution in [3.8, 4) is 6.07 Å². The number of benzene rings is 1. The Labute approximate surface area is 115 Å². The number of amides is 1. The Morgan fingerprint density at radius 2 is 1.89 bits per heavy atom. The summed E-state index contributed by atoms with van der Waals surface area (Å²) in [5, 5.41) is 11.6. The van der Waals surface area contributed by atoms with Gasteiger partial charge in [0, 0.05) is 18.2 Å². The summed E-state index contributed by atoms with van der Waals surface area (Å²) in [6.07, 6.45) is 0. The molecule has 4 nitrogen and oxygen atoms in total. The SMILES string of the molecule is CC(C)C(CNC(=O)c1ccc(C#N)cc1)N(C)C. The van der Waals surface area contributed by atoms with Crippen molar-refractivity contribution in [3.05, 3.63) is 35.4 Å². The second-order valence-corrected chi connectivity index (χ2v) is 5.17. The summed E-state index contributed by atoms with van der Waals surface area (Å²) >= 11 is 0. The second-order valence-electron chi connectivity index (χ2n) is 5.17. The molecule has 19 heavy (non-hydrogen) atoms. The zero-order chi connectivity index (χ0) is 14.4. The average Bonchev–Trinajstić information content (AvgIpc) is 2.38. The third-order valence-corrected chi connectivity index (χ3v) is 3.18. The molecule has 0 aliphatic carbocycles. The molecule has 1 rings (SSSR count). The molecule has 1 aromatic rings. The Hall–Kier alpha value is -1.86. The molecule has 0 saturated carbocycles. The minimum atomic E-state index is -0.100. The van der Waals surface area contributed by atoms with Gasteiger partial charge in [0.2, 0.25) is 0 Å². The largest absolute Gasteiger partial charge is 0.350 e. The maximum Gasteiger partial charge on any atom is 0.251 e. The van der Waals surface area contributed by atoms with Gasteiger partial charge in [-0.25, -0.2) is 0 Å². The van der Waals surface area contributed by atoms with E-state index >= 15 is 0 Å². The summed E-state index contributed by atoms with van der Waals surface area (Å²) < 4.78 is 0. The van der Waals surface area contributed by atoms with Gasteiger partial charge in [-0.05, 0) is 44.3 Å². The fourth-order valence-corrected chi connectivity index (χ4v) is 2.01. The van der Waals surface area contributed by atoms with Gasteiger partial charge >= 0.3 is 0 Å². The number of nitrogens with zero attached hydrogens (tertiary/aromatic N) is 2. The first-order valence-electron chi connectivity index (χ1n) is 6.40. The highest BCUT2D eigenvalue weighted by atomic mass is 16.1. The predicted molar refractivity (Wildman–Crippen MR) is 75.8 cm³/mol. The summed E-state index contributed by atoms with van der Waals surface area (Å²) in [4.78, 5) is 14.1. The molecule has 0 heterocycles. The van der Waals surface area contributed by atoms with E-state index in [1.54, 1.807) is 24.3 Å². The summed E-state index contributed by atoms with van der Waals surface area (Å²) in [5.74, 6) is 0.369. The van der Waals surface area contributed by atoms with Crippen LogP contribution in [0.2, 0.25) is 0 Å². The molecule has 0 spiro atoms. The molecule has 0 aliphatic heterocycles. The molecule has 0 aliphatic rings. The third-order valence-electron chi connectivity index (χ3n) is 3.18. The van der Waals surface area contributed by atoms with E-state index in [-0.39, 0.29) is 5.91 Å². The average molecular weight is 259 g/mol. The lowest BCUT2D eigenvalue weighted by molar-refractivity contribution is 0.0934. The fraction of sp³-hybridized carbons (Fsp3) is 0.467. The van der Waals surface area contributed by atoms with Gasteiger partial charge in [0.05, 0.1) is 11.6 Å². The normalized spacial score (nSPS) is 12.3. The maximum absolute atomic E-state index is 12.0. The molecular weight excluding hydrogens is 238 g/mol. The van der Waals surface area contributed by atoms with Crippen LogP contribution in [0.3, 0.4) is 0 Å². The summed E-state index contributed by atoms with van der Waals surface area (Å²) in [6, 6.07) is 9.00. The van der Waals surface area contributed by atoms with Crippen LogP contribution in [0.25, 0.3) is 0 Å². The maximum atomic E-state index is 12.0. The van der Waals surface area contributed by atoms with Gasteiger partial charge in [-0.2, -0.15) is 5.26 Å². The minimum absolute atomic E-state index is 0.100. The first-order chi connectivity index (χ1) is 8.95. The summed E-state index contributed by atoms with van der Waals surface area (Å²) in [6.45, 7) is 4.89. The highest BCUT2D eigenvalue weighted by molar-refractivity contribution is 5.94. The minimum Gasteiger partial charge on any atom is -0.350 e. The van der Waals surface area contributed by atoms with Crippen LogP contribution >= 0.6 is 0 Å². The van der Waals surface area contributed by atoms with Crippen molar-refractivity contribution in [1.29, 1.82) is 5.26 Å². The van der Waals surface area contributed by atoms with E-state index in [0.717, 1.165) is 0 Å². The molecule has 0 fully saturated rings. The van der Waals surface area contributed by atoms with Gasteiger partial charge in [-0.3, -0.25) is 4.79 Å². The molecule has 1 unspecified atom stereocenters. The Morgan fingerprint density at radius 3 is 2.32 bits per heavy atom. The van der Waals surface area contributed by atoms with Crippen molar-refractivity contribution in [2.24, 2.45) is 5.92 Å². The van der Waals surface area contributed by atoms with E-state index in [4.69, 9.17) is 5.26 Å². The van der Waals surface area contributed by atoms with Crippen LogP contribution in [0.4, 0.5) is 0 Å². The fourth-order valence-electron chi connectivity index (χ4n) is 2.01. The van der Waals surface area contributed by atoms with E-state index in [1.165, 1.54) is 0 Å². The van der Waals surface area contributed by atoms with E-state index < -0.39 is 0 Å². The van der Waals surface area contributed by atoms with Crippen molar-refractivity contribution in [2.75, 3.05) is 20.6 Å². The molecule has 0 bridgehead atoms. The van der Waals surface area contributed by atoms with Crippen molar-refractivity contribution in [2.45, 2.75) is 19.9 Å². The number of hydrogen-bond donors (Lipinski definition) is 1. The number of carbonyl (C=O) groups is 1. The van der Waals surface area contributed by atoms with E-state index in [0.29, 0.717) is 29.6 Å². The smallest absolute Gasteiger partial charge is 0.251 e. The third kappa shape index (κ3) is 4.38. The molecule has 1 amide bonds. The summed E-state index contributed by atoms with van der Waals surface area (Å²) in [7, 11) is 4.02. The Balaban J connectivity index is 2.62. The van der Waals surface area contributed by atoms with E-state index in [2.05, 4.69) is 24.1 Å². The van der Waals surface area contributed by atoms with Crippen LogP contribution in [0, 0.1) is 17.2 Å². The van der Waals surface area contributed by atoms with Crippen LogP contribution in [0.15, 0.2) is 24.3 Å². The van der Waals surface area contributed by atoms with E-state index in [9.17, 15) is 4.79 Å². The van der Waals surface area contributed by atoms with Gasteiger partial charge in [0.1, 0.15) is 0 Å². The van der Waals surface area contributed by atoms with Gasteiger partial charge < -0.3 is 10.2 Å². The van der Waals surface area contributed by atoms with Crippen molar-refractivity contribution in [1.82, 2.24) is 10.2 Å². The predicted octanol–water partition coefficient (Wildman–Crippen LogP) is 1.87. The van der Waals surface area contributed by atoms with Crippen molar-refractivity contribution in [3.63, 3.8) is 0 Å². The van der Waals surface area contributed by atoms with Gasteiger partial charge in [-0.1, -0.05) is 13.8 Å². The Kier molecular flexibility index (Phi) is 5.53. The molecule has 4 heteroatoms. The number of likely N-dealkylation sites (N-methyl/N-ethyl adjacent to an activating group) is 1. The van der Waals surface area contributed by atoms with Crippen LogP contribution in [0.1, 0.15) is 29.8 Å². The Bertz CT molecular complexity index is 449. The molecule has 0 saturated heterocycles. The zero-order valence-corrected chi connectivity index (χ0v) is 12.0. The van der Waals surface area contributed by atoms with Crippen LogP contribution in [-0.2, 0) is 0 Å². The lowest BCUT2D eigenvalue weighted by Gasteiger charge is -2.28. The van der Waals surface area contributed by atoms with Crippen LogP contribution < -0.4 is 5.32 Å². The number of rotatable bonds is 5. The second kappa shape index (κ2) is 6.91. The Morgan fingerprint density at radius 1 is 1.32 bits per heavy atom. The van der Waals surface area contributed by atoms with Crippen LogP contribution in [-0.4, -0.2) is 37.5 Å². The number of nitrogens with one attached hydrogen (secondary N) is 1. The summed E-state index contributed by atoms with van der Waals surface area (Å²) in [5.41, 5.74) is 1.14. The van der Waals surface area contributed by atoms with Gasteiger partial charge in [-0.15, -0.1) is 0 Å². The lowest BCUT2D eigenvalue weighted by atomic mass is 10.0.